The molecule has 1 unspecified atom stereocenters. The van der Waals surface area contributed by atoms with Gasteiger partial charge in [0.25, 0.3) is 4.70 Å². The second kappa shape index (κ2) is 8.27. The molecule has 2 aliphatic carbocycles. The second-order valence-electron chi connectivity index (χ2n) is 6.13. The third kappa shape index (κ3) is 5.05. The average Bonchev–Trinajstić information content (AvgIpc) is 3.12. The van der Waals surface area contributed by atoms with E-state index in [2.05, 4.69) is 38.4 Å². The quantitative estimate of drug-likeness (QED) is 0.247. The molecule has 2 aliphatic rings. The van der Waals surface area contributed by atoms with E-state index in [4.69, 9.17) is 14.2 Å². The molecule has 0 radical (unpaired) electrons. The van der Waals surface area contributed by atoms with Crippen molar-refractivity contribution in [3.05, 3.63) is 12.2 Å². The van der Waals surface area contributed by atoms with E-state index in [1.54, 1.807) is 6.92 Å². The Morgan fingerprint density at radius 2 is 1.50 bits per heavy atom. The number of hydrogen-bond donors (Lipinski definition) is 0. The first kappa shape index (κ1) is 18.4. The summed E-state index contributed by atoms with van der Waals surface area (Å²) < 4.78 is 16.5. The van der Waals surface area contributed by atoms with Crippen LogP contribution < -0.4 is 0 Å². The lowest BCUT2D eigenvalue weighted by atomic mass is 10.3. The molecule has 126 valence electrons. The predicted octanol–water partition coefficient (Wildman–Crippen LogP) is 4.79. The second-order valence-corrected chi connectivity index (χ2v) is 8.07. The SMILES string of the molecule is C=C(C)C(=O)OC(Br)C(Br)(OC1CCCC1)OC1CCCC1. The van der Waals surface area contributed by atoms with Gasteiger partial charge >= 0.3 is 5.97 Å². The van der Waals surface area contributed by atoms with Gasteiger partial charge in [0.2, 0.25) is 5.01 Å². The number of esters is 1. The minimum atomic E-state index is -1.15. The molecule has 22 heavy (non-hydrogen) atoms. The van der Waals surface area contributed by atoms with Crippen molar-refractivity contribution in [3.63, 3.8) is 0 Å². The van der Waals surface area contributed by atoms with E-state index in [0.717, 1.165) is 51.4 Å². The van der Waals surface area contributed by atoms with E-state index < -0.39 is 15.7 Å². The van der Waals surface area contributed by atoms with E-state index in [1.165, 1.54) is 0 Å². The highest BCUT2D eigenvalue weighted by Gasteiger charge is 2.45. The van der Waals surface area contributed by atoms with Gasteiger partial charge in [-0.3, -0.25) is 0 Å². The van der Waals surface area contributed by atoms with Crippen molar-refractivity contribution < 1.29 is 19.0 Å². The van der Waals surface area contributed by atoms with Gasteiger partial charge in [-0.1, -0.05) is 32.3 Å². The largest absolute Gasteiger partial charge is 0.440 e. The number of hydrogen-bond acceptors (Lipinski definition) is 4. The molecule has 0 amide bonds. The highest BCUT2D eigenvalue weighted by atomic mass is 79.9. The summed E-state index contributed by atoms with van der Waals surface area (Å²) in [5, 5.41) is -0.731. The Labute approximate surface area is 149 Å². The zero-order valence-electron chi connectivity index (χ0n) is 13.0. The molecular formula is C16H24Br2O4. The maximum absolute atomic E-state index is 11.8. The van der Waals surface area contributed by atoms with Crippen LogP contribution in [0, 0.1) is 0 Å². The molecule has 1 atom stereocenters. The molecule has 4 nitrogen and oxygen atoms in total. The zero-order valence-corrected chi connectivity index (χ0v) is 16.2. The Balaban J connectivity index is 2.03. The Morgan fingerprint density at radius 3 is 1.86 bits per heavy atom. The molecule has 6 heteroatoms. The number of carbonyl (C=O) groups is 1. The summed E-state index contributed by atoms with van der Waals surface area (Å²) in [6.07, 6.45) is 8.95. The van der Waals surface area contributed by atoms with Gasteiger partial charge in [-0.05, 0) is 64.5 Å². The smallest absolute Gasteiger partial charge is 0.334 e. The lowest BCUT2D eigenvalue weighted by Gasteiger charge is -2.36. The van der Waals surface area contributed by atoms with Gasteiger partial charge in [0.1, 0.15) is 0 Å². The highest BCUT2D eigenvalue weighted by molar-refractivity contribution is 9.12. The summed E-state index contributed by atoms with van der Waals surface area (Å²) in [6.45, 7) is 5.22. The molecule has 0 spiro atoms. The summed E-state index contributed by atoms with van der Waals surface area (Å²) in [4.78, 5) is 11.8. The lowest BCUT2D eigenvalue weighted by Crippen LogP contribution is -2.45. The summed E-state index contributed by atoms with van der Waals surface area (Å²) in [6, 6.07) is 0. The third-order valence-corrected chi connectivity index (χ3v) is 6.28. The van der Waals surface area contributed by atoms with Crippen LogP contribution in [0.25, 0.3) is 0 Å². The zero-order chi connectivity index (χ0) is 16.2. The van der Waals surface area contributed by atoms with Crippen molar-refractivity contribution in [3.8, 4) is 0 Å². The van der Waals surface area contributed by atoms with E-state index in [1.807, 2.05) is 0 Å². The van der Waals surface area contributed by atoms with Gasteiger partial charge in [0, 0.05) is 5.57 Å². The van der Waals surface area contributed by atoms with Crippen LogP contribution in [0.15, 0.2) is 12.2 Å². The summed E-state index contributed by atoms with van der Waals surface area (Å²) in [5.41, 5.74) is 0.348. The first-order valence-corrected chi connectivity index (χ1v) is 9.66. The number of ether oxygens (including phenoxy) is 3. The van der Waals surface area contributed by atoms with Crippen LogP contribution in [-0.2, 0) is 19.0 Å². The van der Waals surface area contributed by atoms with E-state index >= 15 is 0 Å². The number of carbonyl (C=O) groups excluding carboxylic acids is 1. The number of alkyl halides is 2. The summed E-state index contributed by atoms with van der Waals surface area (Å²) in [7, 11) is 0. The van der Waals surface area contributed by atoms with E-state index in [9.17, 15) is 4.79 Å². The van der Waals surface area contributed by atoms with Crippen molar-refractivity contribution >= 4 is 37.8 Å². The molecule has 2 rings (SSSR count). The fourth-order valence-corrected chi connectivity index (χ4v) is 3.87. The van der Waals surface area contributed by atoms with Gasteiger partial charge in [-0.25, -0.2) is 4.79 Å². The van der Waals surface area contributed by atoms with Crippen LogP contribution in [0.3, 0.4) is 0 Å². The standard InChI is InChI=1S/C16H24Br2O4/c1-11(2)14(19)20-15(17)16(18,21-12-7-3-4-8-12)22-13-9-5-6-10-13/h12-13,15H,1,3-10H2,2H3. The number of halogens is 2. The normalized spacial score (nSPS) is 22.0. The van der Waals surface area contributed by atoms with Gasteiger partial charge in [-0.15, -0.1) is 0 Å². The van der Waals surface area contributed by atoms with Crippen LogP contribution in [0.2, 0.25) is 0 Å². The molecule has 0 saturated heterocycles. The van der Waals surface area contributed by atoms with Crippen LogP contribution >= 0.6 is 31.9 Å². The van der Waals surface area contributed by atoms with Crippen LogP contribution in [0.5, 0.6) is 0 Å². The molecule has 0 N–H and O–H groups in total. The summed E-state index contributed by atoms with van der Waals surface area (Å²) in [5.74, 6) is -0.462. The molecule has 0 aliphatic heterocycles. The van der Waals surface area contributed by atoms with Gasteiger partial charge in [0.05, 0.1) is 12.2 Å². The molecule has 0 aromatic heterocycles. The topological polar surface area (TPSA) is 44.8 Å². The Hall–Kier alpha value is 0.0900. The van der Waals surface area contributed by atoms with Crippen LogP contribution in [0.4, 0.5) is 0 Å². The van der Waals surface area contributed by atoms with Crippen molar-refractivity contribution in [2.45, 2.75) is 80.2 Å². The molecule has 0 heterocycles. The van der Waals surface area contributed by atoms with E-state index in [0.29, 0.717) is 5.57 Å². The predicted molar refractivity (Wildman–Crippen MR) is 92.0 cm³/mol. The maximum Gasteiger partial charge on any atom is 0.334 e. The van der Waals surface area contributed by atoms with Crippen LogP contribution in [0.1, 0.15) is 58.3 Å². The molecule has 0 aromatic carbocycles. The first-order chi connectivity index (χ1) is 10.4. The lowest BCUT2D eigenvalue weighted by molar-refractivity contribution is -0.239. The van der Waals surface area contributed by atoms with Crippen molar-refractivity contribution in [1.29, 1.82) is 0 Å². The third-order valence-electron chi connectivity index (χ3n) is 4.09. The van der Waals surface area contributed by atoms with Crippen molar-refractivity contribution in [1.82, 2.24) is 0 Å². The Bertz CT molecular complexity index is 383. The molecule has 2 fully saturated rings. The molecule has 0 aromatic rings. The molecular weight excluding hydrogens is 416 g/mol. The van der Waals surface area contributed by atoms with Gasteiger partial charge in [-0.2, -0.15) is 0 Å². The minimum absolute atomic E-state index is 0.129. The monoisotopic (exact) mass is 438 g/mol. The summed E-state index contributed by atoms with van der Waals surface area (Å²) >= 11 is 6.95. The fraction of sp³-hybridized carbons (Fsp3) is 0.812. The van der Waals surface area contributed by atoms with Crippen molar-refractivity contribution in [2.75, 3.05) is 0 Å². The minimum Gasteiger partial charge on any atom is -0.440 e. The van der Waals surface area contributed by atoms with Gasteiger partial charge < -0.3 is 14.2 Å². The Morgan fingerprint density at radius 1 is 1.09 bits per heavy atom. The van der Waals surface area contributed by atoms with Gasteiger partial charge in [0.15, 0.2) is 0 Å². The highest BCUT2D eigenvalue weighted by Crippen LogP contribution is 2.40. The average molecular weight is 440 g/mol. The molecule has 0 bridgehead atoms. The van der Waals surface area contributed by atoms with Crippen LogP contribution in [-0.4, -0.2) is 27.9 Å². The van der Waals surface area contributed by atoms with E-state index in [-0.39, 0.29) is 12.2 Å². The first-order valence-electron chi connectivity index (χ1n) is 7.96. The molecule has 2 saturated carbocycles. The number of rotatable bonds is 7. The fourth-order valence-electron chi connectivity index (χ4n) is 2.87. The Kier molecular flexibility index (Phi) is 6.92. The van der Waals surface area contributed by atoms with Crippen molar-refractivity contribution in [2.24, 2.45) is 0 Å². The maximum atomic E-state index is 11.8.